The molecule has 2 nitrogen and oxygen atoms in total. The van der Waals surface area contributed by atoms with Crippen molar-refractivity contribution in [2.45, 2.75) is 0 Å². The number of para-hydroxylation sites is 3. The fourth-order valence-electron chi connectivity index (χ4n) is 4.49. The van der Waals surface area contributed by atoms with Gasteiger partial charge in [0.15, 0.2) is 0 Å². The number of benzene rings is 5. The summed E-state index contributed by atoms with van der Waals surface area (Å²) in [5, 5.41) is 6.17. The molecule has 0 fully saturated rings. The van der Waals surface area contributed by atoms with E-state index in [0.29, 0.717) is 0 Å². The predicted molar refractivity (Wildman–Crippen MR) is 136 cm³/mol. The Morgan fingerprint density at radius 2 is 1.03 bits per heavy atom. The fraction of sp³-hybridized carbons (Fsp3) is 0. The zero-order valence-electron chi connectivity index (χ0n) is 17.6. The van der Waals surface area contributed by atoms with E-state index in [-0.39, 0.29) is 0 Å². The molecule has 0 unspecified atom stereocenters. The molecule has 6 aromatic rings. The summed E-state index contributed by atoms with van der Waals surface area (Å²) in [6.07, 6.45) is 0. The first-order valence-corrected chi connectivity index (χ1v) is 10.9. The van der Waals surface area contributed by atoms with Crippen LogP contribution in [0.4, 0.5) is 11.4 Å². The fourth-order valence-corrected chi connectivity index (χ4v) is 4.49. The standard InChI is InChI=1S/C30H22N2/c1-3-11-22(12-4-1)23-19-20-27(31-24-13-5-2-6-14-24)30(21-23)32-28-17-9-7-15-25(28)26-16-8-10-18-29(26)32/h1-21,31H. The van der Waals surface area contributed by atoms with Crippen LogP contribution in [-0.2, 0) is 0 Å². The Labute approximate surface area is 187 Å². The Kier molecular flexibility index (Phi) is 4.47. The lowest BCUT2D eigenvalue weighted by Gasteiger charge is -2.17. The van der Waals surface area contributed by atoms with Gasteiger partial charge in [-0.15, -0.1) is 0 Å². The van der Waals surface area contributed by atoms with E-state index >= 15 is 0 Å². The van der Waals surface area contributed by atoms with Gasteiger partial charge in [-0.3, -0.25) is 0 Å². The lowest BCUT2D eigenvalue weighted by Crippen LogP contribution is -2.01. The van der Waals surface area contributed by atoms with Gasteiger partial charge in [-0.2, -0.15) is 0 Å². The van der Waals surface area contributed by atoms with Crippen LogP contribution in [0, 0.1) is 0 Å². The van der Waals surface area contributed by atoms with Gasteiger partial charge in [0.05, 0.1) is 22.4 Å². The molecule has 0 radical (unpaired) electrons. The topological polar surface area (TPSA) is 17.0 Å². The SMILES string of the molecule is c1ccc(Nc2ccc(-c3ccccc3)cc2-n2c3ccccc3c3ccccc32)cc1. The van der Waals surface area contributed by atoms with Gasteiger partial charge < -0.3 is 9.88 Å². The normalized spacial score (nSPS) is 11.1. The van der Waals surface area contributed by atoms with Crippen molar-refractivity contribution in [2.24, 2.45) is 0 Å². The summed E-state index contributed by atoms with van der Waals surface area (Å²) in [4.78, 5) is 0. The molecule has 0 spiro atoms. The Bertz CT molecular complexity index is 1480. The first-order chi connectivity index (χ1) is 15.9. The third-order valence-corrected chi connectivity index (χ3v) is 5.98. The van der Waals surface area contributed by atoms with Crippen molar-refractivity contribution in [2.75, 3.05) is 5.32 Å². The van der Waals surface area contributed by atoms with E-state index in [2.05, 4.69) is 131 Å². The maximum absolute atomic E-state index is 3.65. The lowest BCUT2D eigenvalue weighted by atomic mass is 10.0. The van der Waals surface area contributed by atoms with Crippen LogP contribution in [0.1, 0.15) is 0 Å². The molecule has 0 bridgehead atoms. The number of rotatable bonds is 4. The number of aromatic nitrogens is 1. The minimum atomic E-state index is 1.07. The van der Waals surface area contributed by atoms with Crippen LogP contribution in [0.3, 0.4) is 0 Å². The number of fused-ring (bicyclic) bond motifs is 3. The van der Waals surface area contributed by atoms with Crippen LogP contribution in [0.2, 0.25) is 0 Å². The molecule has 1 N–H and O–H groups in total. The predicted octanol–water partition coefficient (Wildman–Crippen LogP) is 8.19. The van der Waals surface area contributed by atoms with Crippen molar-refractivity contribution in [1.29, 1.82) is 0 Å². The van der Waals surface area contributed by atoms with E-state index in [1.807, 2.05) is 6.07 Å². The van der Waals surface area contributed by atoms with Crippen molar-refractivity contribution in [1.82, 2.24) is 4.57 Å². The summed E-state index contributed by atoms with van der Waals surface area (Å²) in [6.45, 7) is 0. The van der Waals surface area contributed by atoms with Crippen LogP contribution >= 0.6 is 0 Å². The van der Waals surface area contributed by atoms with Crippen molar-refractivity contribution in [3.05, 3.63) is 127 Å². The number of nitrogens with zero attached hydrogens (tertiary/aromatic N) is 1. The van der Waals surface area contributed by atoms with E-state index < -0.39 is 0 Å². The first kappa shape index (κ1) is 18.5. The second-order valence-electron chi connectivity index (χ2n) is 7.96. The van der Waals surface area contributed by atoms with Crippen molar-refractivity contribution in [3.63, 3.8) is 0 Å². The van der Waals surface area contributed by atoms with E-state index in [0.717, 1.165) is 17.1 Å². The average molecular weight is 411 g/mol. The Hall–Kier alpha value is -4.30. The van der Waals surface area contributed by atoms with Crippen molar-refractivity contribution in [3.8, 4) is 16.8 Å². The largest absolute Gasteiger partial charge is 0.354 e. The van der Waals surface area contributed by atoms with E-state index in [9.17, 15) is 0 Å². The molecule has 152 valence electrons. The van der Waals surface area contributed by atoms with Gasteiger partial charge in [0, 0.05) is 16.5 Å². The van der Waals surface area contributed by atoms with Crippen LogP contribution in [0.15, 0.2) is 127 Å². The quantitative estimate of drug-likeness (QED) is 0.310. The van der Waals surface area contributed by atoms with Crippen molar-refractivity contribution >= 4 is 33.2 Å². The monoisotopic (exact) mass is 410 g/mol. The number of hydrogen-bond donors (Lipinski definition) is 1. The zero-order chi connectivity index (χ0) is 21.3. The summed E-state index contributed by atoms with van der Waals surface area (Å²) in [5.74, 6) is 0. The summed E-state index contributed by atoms with van der Waals surface area (Å²) in [7, 11) is 0. The summed E-state index contributed by atoms with van der Waals surface area (Å²) < 4.78 is 2.38. The third kappa shape index (κ3) is 3.14. The highest BCUT2D eigenvalue weighted by Crippen LogP contribution is 2.37. The number of nitrogens with one attached hydrogen (secondary N) is 1. The van der Waals surface area contributed by atoms with Gasteiger partial charge in [0.25, 0.3) is 0 Å². The summed E-state index contributed by atoms with van der Waals surface area (Å²) in [5.41, 5.74) is 8.09. The smallest absolute Gasteiger partial charge is 0.0703 e. The molecule has 0 atom stereocenters. The average Bonchev–Trinajstić information content (AvgIpc) is 3.20. The molecule has 5 aromatic carbocycles. The highest BCUT2D eigenvalue weighted by atomic mass is 15.0. The number of hydrogen-bond acceptors (Lipinski definition) is 1. The Morgan fingerprint density at radius 1 is 0.469 bits per heavy atom. The maximum Gasteiger partial charge on any atom is 0.0703 e. The molecular weight excluding hydrogens is 388 g/mol. The van der Waals surface area contributed by atoms with E-state index in [1.54, 1.807) is 0 Å². The number of anilines is 2. The molecule has 0 aliphatic heterocycles. The van der Waals surface area contributed by atoms with Gasteiger partial charge >= 0.3 is 0 Å². The third-order valence-electron chi connectivity index (χ3n) is 5.98. The molecule has 0 saturated heterocycles. The summed E-state index contributed by atoms with van der Waals surface area (Å²) >= 11 is 0. The van der Waals surface area contributed by atoms with Crippen LogP contribution in [-0.4, -0.2) is 4.57 Å². The molecule has 0 saturated carbocycles. The second kappa shape index (κ2) is 7.75. The van der Waals surface area contributed by atoms with Crippen LogP contribution in [0.25, 0.3) is 38.6 Å². The highest BCUT2D eigenvalue weighted by molar-refractivity contribution is 6.09. The van der Waals surface area contributed by atoms with Crippen molar-refractivity contribution < 1.29 is 0 Å². The molecule has 0 amide bonds. The van der Waals surface area contributed by atoms with E-state index in [1.165, 1.54) is 32.9 Å². The molecule has 32 heavy (non-hydrogen) atoms. The molecule has 1 heterocycles. The van der Waals surface area contributed by atoms with Gasteiger partial charge in [0.2, 0.25) is 0 Å². The van der Waals surface area contributed by atoms with Gasteiger partial charge in [-0.1, -0.05) is 91.0 Å². The summed E-state index contributed by atoms with van der Waals surface area (Å²) in [6, 6.07) is 44.9. The Morgan fingerprint density at radius 3 is 1.69 bits per heavy atom. The zero-order valence-corrected chi connectivity index (χ0v) is 17.6. The first-order valence-electron chi connectivity index (χ1n) is 10.9. The van der Waals surface area contributed by atoms with Gasteiger partial charge in [-0.25, -0.2) is 0 Å². The maximum atomic E-state index is 3.65. The Balaban J connectivity index is 1.65. The van der Waals surface area contributed by atoms with Gasteiger partial charge in [-0.05, 0) is 47.5 Å². The highest BCUT2D eigenvalue weighted by Gasteiger charge is 2.15. The minimum absolute atomic E-state index is 1.07. The second-order valence-corrected chi connectivity index (χ2v) is 7.96. The van der Waals surface area contributed by atoms with Crippen LogP contribution < -0.4 is 5.32 Å². The van der Waals surface area contributed by atoms with E-state index in [4.69, 9.17) is 0 Å². The minimum Gasteiger partial charge on any atom is -0.354 e. The lowest BCUT2D eigenvalue weighted by molar-refractivity contribution is 1.18. The molecule has 0 aliphatic rings. The molecule has 6 rings (SSSR count). The molecule has 2 heteroatoms. The molecular formula is C30H22N2. The van der Waals surface area contributed by atoms with Crippen LogP contribution in [0.5, 0.6) is 0 Å². The molecule has 1 aromatic heterocycles. The molecule has 0 aliphatic carbocycles. The van der Waals surface area contributed by atoms with Gasteiger partial charge in [0.1, 0.15) is 0 Å².